The van der Waals surface area contributed by atoms with Crippen LogP contribution in [0.15, 0.2) is 24.3 Å². The lowest BCUT2D eigenvalue weighted by molar-refractivity contribution is -0.117. The van der Waals surface area contributed by atoms with Crippen LogP contribution in [0.3, 0.4) is 0 Å². The molecule has 0 aliphatic carbocycles. The Kier molecular flexibility index (Phi) is 4.95. The minimum absolute atomic E-state index is 0.0225. The van der Waals surface area contributed by atoms with Crippen molar-refractivity contribution in [3.8, 4) is 0 Å². The highest BCUT2D eigenvalue weighted by molar-refractivity contribution is 5.92. The van der Waals surface area contributed by atoms with E-state index in [4.69, 9.17) is 5.73 Å². The zero-order valence-corrected chi connectivity index (χ0v) is 11.3. The van der Waals surface area contributed by atoms with Gasteiger partial charge in [0.1, 0.15) is 0 Å². The molecule has 2 rings (SSSR count). The van der Waals surface area contributed by atoms with Gasteiger partial charge in [-0.2, -0.15) is 0 Å². The summed E-state index contributed by atoms with van der Waals surface area (Å²) in [5.74, 6) is 0.439. The van der Waals surface area contributed by atoms with Crippen molar-refractivity contribution >= 4 is 23.3 Å². The van der Waals surface area contributed by atoms with Crippen molar-refractivity contribution in [2.75, 3.05) is 23.7 Å². The molecule has 1 aromatic carbocycles. The summed E-state index contributed by atoms with van der Waals surface area (Å²) >= 11 is 0. The number of primary amides is 1. The topological polar surface area (TPSA) is 96.2 Å². The van der Waals surface area contributed by atoms with E-state index in [9.17, 15) is 9.59 Å². The highest BCUT2D eigenvalue weighted by atomic mass is 16.2. The molecule has 1 aliphatic rings. The first-order valence-electron chi connectivity index (χ1n) is 6.80. The minimum Gasteiger partial charge on any atom is -0.351 e. The van der Waals surface area contributed by atoms with Crippen molar-refractivity contribution in [2.24, 2.45) is 11.7 Å². The highest BCUT2D eigenvalue weighted by Crippen LogP contribution is 2.17. The molecule has 1 fully saturated rings. The first-order chi connectivity index (χ1) is 9.63. The lowest BCUT2D eigenvalue weighted by Gasteiger charge is -2.22. The molecule has 0 radical (unpaired) electrons. The van der Waals surface area contributed by atoms with Gasteiger partial charge < -0.3 is 21.7 Å². The summed E-state index contributed by atoms with van der Waals surface area (Å²) in [6, 6.07) is 6.27. The Bertz CT molecular complexity index is 467. The molecular weight excluding hydrogens is 256 g/mol. The first-order valence-corrected chi connectivity index (χ1v) is 6.80. The molecule has 0 saturated carbocycles. The van der Waals surface area contributed by atoms with Crippen LogP contribution in [0.4, 0.5) is 16.2 Å². The Hall–Kier alpha value is -2.08. The van der Waals surface area contributed by atoms with Crippen molar-refractivity contribution in [2.45, 2.75) is 19.3 Å². The van der Waals surface area contributed by atoms with E-state index in [-0.39, 0.29) is 5.91 Å². The molecular formula is C14H20N4O2. The maximum Gasteiger partial charge on any atom is 0.316 e. The number of piperidine rings is 1. The van der Waals surface area contributed by atoms with E-state index in [0.717, 1.165) is 25.9 Å². The summed E-state index contributed by atoms with van der Waals surface area (Å²) in [4.78, 5) is 22.6. The van der Waals surface area contributed by atoms with Crippen LogP contribution in [-0.2, 0) is 4.79 Å². The second-order valence-electron chi connectivity index (χ2n) is 5.03. The van der Waals surface area contributed by atoms with Gasteiger partial charge in [0.15, 0.2) is 0 Å². The average molecular weight is 276 g/mol. The summed E-state index contributed by atoms with van der Waals surface area (Å²) in [6.45, 7) is 1.96. The predicted octanol–water partition coefficient (Wildman–Crippen LogP) is 1.51. The number of rotatable bonds is 4. The number of anilines is 2. The number of carbonyl (C=O) groups is 2. The summed E-state index contributed by atoms with van der Waals surface area (Å²) < 4.78 is 0. The number of nitrogens with one attached hydrogen (secondary N) is 3. The van der Waals surface area contributed by atoms with Crippen molar-refractivity contribution in [1.29, 1.82) is 0 Å². The second-order valence-corrected chi connectivity index (χ2v) is 5.03. The molecule has 1 heterocycles. The third kappa shape index (κ3) is 4.55. The fourth-order valence-electron chi connectivity index (χ4n) is 2.35. The van der Waals surface area contributed by atoms with Gasteiger partial charge in [0.2, 0.25) is 5.91 Å². The van der Waals surface area contributed by atoms with Crippen molar-refractivity contribution in [3.05, 3.63) is 24.3 Å². The molecule has 20 heavy (non-hydrogen) atoms. The fourth-order valence-corrected chi connectivity index (χ4v) is 2.35. The Morgan fingerprint density at radius 2 is 1.85 bits per heavy atom. The lowest BCUT2D eigenvalue weighted by atomic mass is 9.96. The van der Waals surface area contributed by atoms with Crippen LogP contribution in [0.1, 0.15) is 19.3 Å². The molecule has 3 amide bonds. The molecule has 0 spiro atoms. The third-order valence-corrected chi connectivity index (χ3v) is 3.31. The SMILES string of the molecule is NC(=O)Nc1ccc(NC(=O)CC2CCCNC2)cc1. The molecule has 1 atom stereocenters. The van der Waals surface area contributed by atoms with Gasteiger partial charge in [-0.25, -0.2) is 4.79 Å². The maximum atomic E-state index is 11.9. The van der Waals surface area contributed by atoms with Crippen LogP contribution < -0.4 is 21.7 Å². The minimum atomic E-state index is -0.605. The summed E-state index contributed by atoms with van der Waals surface area (Å²) in [6.07, 6.45) is 2.77. The number of urea groups is 1. The zero-order chi connectivity index (χ0) is 14.4. The van der Waals surface area contributed by atoms with Crippen LogP contribution in [0.2, 0.25) is 0 Å². The molecule has 1 aromatic rings. The third-order valence-electron chi connectivity index (χ3n) is 3.31. The van der Waals surface area contributed by atoms with Crippen molar-refractivity contribution in [3.63, 3.8) is 0 Å². The van der Waals surface area contributed by atoms with Crippen LogP contribution in [0, 0.1) is 5.92 Å². The maximum absolute atomic E-state index is 11.9. The summed E-state index contributed by atoms with van der Waals surface area (Å²) in [5.41, 5.74) is 6.34. The molecule has 1 unspecified atom stereocenters. The Labute approximate surface area is 118 Å². The number of amides is 3. The number of benzene rings is 1. The van der Waals surface area contributed by atoms with Gasteiger partial charge in [0.05, 0.1) is 0 Å². The number of hydrogen-bond acceptors (Lipinski definition) is 3. The molecule has 108 valence electrons. The second kappa shape index (κ2) is 6.91. The lowest BCUT2D eigenvalue weighted by Crippen LogP contribution is -2.32. The standard InChI is InChI=1S/C14H20N4O2/c15-14(20)18-12-5-3-11(4-6-12)17-13(19)8-10-2-1-7-16-9-10/h3-6,10,16H,1-2,7-9H2,(H,17,19)(H3,15,18,20). The van der Waals surface area contributed by atoms with E-state index < -0.39 is 6.03 Å². The van der Waals surface area contributed by atoms with Gasteiger partial charge in [-0.3, -0.25) is 4.79 Å². The smallest absolute Gasteiger partial charge is 0.316 e. The van der Waals surface area contributed by atoms with Gasteiger partial charge >= 0.3 is 6.03 Å². The Morgan fingerprint density at radius 1 is 1.20 bits per heavy atom. The Balaban J connectivity index is 1.82. The number of nitrogens with two attached hydrogens (primary N) is 1. The molecule has 0 aromatic heterocycles. The monoisotopic (exact) mass is 276 g/mol. The number of carbonyl (C=O) groups excluding carboxylic acids is 2. The van der Waals surface area contributed by atoms with E-state index in [0.29, 0.717) is 23.7 Å². The van der Waals surface area contributed by atoms with E-state index in [1.165, 1.54) is 0 Å². The van der Waals surface area contributed by atoms with Gasteiger partial charge in [-0.05, 0) is 56.1 Å². The molecule has 1 saturated heterocycles. The zero-order valence-electron chi connectivity index (χ0n) is 11.3. The van der Waals surface area contributed by atoms with Crippen LogP contribution in [0.5, 0.6) is 0 Å². The summed E-state index contributed by atoms with van der Waals surface area (Å²) in [7, 11) is 0. The fraction of sp³-hybridized carbons (Fsp3) is 0.429. The van der Waals surface area contributed by atoms with Gasteiger partial charge in [0.25, 0.3) is 0 Å². The molecule has 6 nitrogen and oxygen atoms in total. The normalized spacial score (nSPS) is 18.3. The predicted molar refractivity (Wildman–Crippen MR) is 78.5 cm³/mol. The largest absolute Gasteiger partial charge is 0.351 e. The van der Waals surface area contributed by atoms with Crippen molar-refractivity contribution in [1.82, 2.24) is 5.32 Å². The van der Waals surface area contributed by atoms with Gasteiger partial charge in [0, 0.05) is 17.8 Å². The summed E-state index contributed by atoms with van der Waals surface area (Å²) in [5, 5.41) is 8.63. The van der Waals surface area contributed by atoms with Crippen molar-refractivity contribution < 1.29 is 9.59 Å². The number of hydrogen-bond donors (Lipinski definition) is 4. The Morgan fingerprint density at radius 3 is 2.40 bits per heavy atom. The van der Waals surface area contributed by atoms with E-state index >= 15 is 0 Å². The van der Waals surface area contributed by atoms with Crippen LogP contribution in [-0.4, -0.2) is 25.0 Å². The quantitative estimate of drug-likeness (QED) is 0.671. The molecule has 5 N–H and O–H groups in total. The van der Waals surface area contributed by atoms with Gasteiger partial charge in [-0.15, -0.1) is 0 Å². The molecule has 6 heteroatoms. The average Bonchev–Trinajstić information content (AvgIpc) is 2.41. The highest BCUT2D eigenvalue weighted by Gasteiger charge is 2.16. The van der Waals surface area contributed by atoms with E-state index in [1.54, 1.807) is 24.3 Å². The first kappa shape index (κ1) is 14.3. The molecule has 0 bridgehead atoms. The van der Waals surface area contributed by atoms with Crippen LogP contribution in [0.25, 0.3) is 0 Å². The van der Waals surface area contributed by atoms with E-state index in [2.05, 4.69) is 16.0 Å². The van der Waals surface area contributed by atoms with Gasteiger partial charge in [-0.1, -0.05) is 0 Å². The van der Waals surface area contributed by atoms with Crippen LogP contribution >= 0.6 is 0 Å². The molecule has 1 aliphatic heterocycles. The van der Waals surface area contributed by atoms with E-state index in [1.807, 2.05) is 0 Å².